The molecule has 7 heteroatoms. The zero-order valence-corrected chi connectivity index (χ0v) is 16.5. The first-order valence-corrected chi connectivity index (χ1v) is 9.38. The summed E-state index contributed by atoms with van der Waals surface area (Å²) in [6.07, 6.45) is 3.39. The molecule has 1 aromatic carbocycles. The molecule has 0 radical (unpaired) electrons. The van der Waals surface area contributed by atoms with Gasteiger partial charge >= 0.3 is 0 Å². The van der Waals surface area contributed by atoms with E-state index in [1.165, 1.54) is 12.1 Å². The van der Waals surface area contributed by atoms with Crippen LogP contribution < -0.4 is 5.32 Å². The summed E-state index contributed by atoms with van der Waals surface area (Å²) < 4.78 is 17.1. The van der Waals surface area contributed by atoms with Crippen LogP contribution in [0.5, 0.6) is 0 Å². The Bertz CT molecular complexity index is 1050. The highest BCUT2D eigenvalue weighted by molar-refractivity contribution is 5.93. The van der Waals surface area contributed by atoms with Gasteiger partial charge in [0, 0.05) is 12.6 Å². The first-order chi connectivity index (χ1) is 13.2. The van der Waals surface area contributed by atoms with E-state index in [4.69, 9.17) is 0 Å². The van der Waals surface area contributed by atoms with E-state index < -0.39 is 0 Å². The third-order valence-electron chi connectivity index (χ3n) is 5.27. The average Bonchev–Trinajstić information content (AvgIpc) is 3.16. The van der Waals surface area contributed by atoms with Crippen molar-refractivity contribution in [2.45, 2.75) is 39.7 Å². The van der Waals surface area contributed by atoms with Crippen LogP contribution >= 0.6 is 0 Å². The lowest BCUT2D eigenvalue weighted by molar-refractivity contribution is 0.0909. The zero-order valence-electron chi connectivity index (χ0n) is 16.5. The Labute approximate surface area is 163 Å². The van der Waals surface area contributed by atoms with Gasteiger partial charge in [0.25, 0.3) is 5.91 Å². The number of nitrogens with zero attached hydrogens (tertiary/aromatic N) is 4. The molecule has 0 saturated heterocycles. The van der Waals surface area contributed by atoms with Crippen molar-refractivity contribution in [2.24, 2.45) is 12.5 Å². The Morgan fingerprint density at radius 2 is 2.11 bits per heavy atom. The van der Waals surface area contributed by atoms with E-state index in [0.717, 1.165) is 29.8 Å². The SMILES string of the molecule is Cc1cc(C(=O)N[C@@H]2CC(C)(C)Cc3c2cnn3-c2cccc(F)c2)n(C)n1. The Hall–Kier alpha value is -2.96. The first-order valence-electron chi connectivity index (χ1n) is 9.38. The number of aryl methyl sites for hydroxylation is 2. The number of hydrogen-bond acceptors (Lipinski definition) is 3. The maximum Gasteiger partial charge on any atom is 0.270 e. The van der Waals surface area contributed by atoms with Crippen LogP contribution in [0.15, 0.2) is 36.5 Å². The van der Waals surface area contributed by atoms with Gasteiger partial charge in [-0.2, -0.15) is 10.2 Å². The highest BCUT2D eigenvalue weighted by Crippen LogP contribution is 2.41. The van der Waals surface area contributed by atoms with E-state index in [1.807, 2.05) is 13.0 Å². The zero-order chi connectivity index (χ0) is 20.1. The Balaban J connectivity index is 1.70. The molecule has 1 N–H and O–H groups in total. The van der Waals surface area contributed by atoms with Crippen molar-refractivity contribution >= 4 is 5.91 Å². The number of nitrogens with one attached hydrogen (secondary N) is 1. The molecule has 0 bridgehead atoms. The van der Waals surface area contributed by atoms with Crippen LogP contribution in [0, 0.1) is 18.2 Å². The molecule has 146 valence electrons. The van der Waals surface area contributed by atoms with Crippen molar-refractivity contribution in [1.82, 2.24) is 24.9 Å². The fourth-order valence-corrected chi connectivity index (χ4v) is 4.06. The summed E-state index contributed by atoms with van der Waals surface area (Å²) in [5.41, 5.74) is 3.98. The van der Waals surface area contributed by atoms with E-state index in [0.29, 0.717) is 11.4 Å². The molecule has 4 rings (SSSR count). The van der Waals surface area contributed by atoms with Crippen molar-refractivity contribution in [3.05, 3.63) is 65.0 Å². The van der Waals surface area contributed by atoms with Crippen molar-refractivity contribution in [3.63, 3.8) is 0 Å². The predicted molar refractivity (Wildman–Crippen MR) is 104 cm³/mol. The summed E-state index contributed by atoms with van der Waals surface area (Å²) in [5.74, 6) is -0.455. The summed E-state index contributed by atoms with van der Waals surface area (Å²) in [4.78, 5) is 12.8. The normalized spacial score (nSPS) is 18.0. The van der Waals surface area contributed by atoms with Crippen LogP contribution in [0.3, 0.4) is 0 Å². The highest BCUT2D eigenvalue weighted by Gasteiger charge is 2.36. The van der Waals surface area contributed by atoms with Gasteiger partial charge in [0.15, 0.2) is 0 Å². The lowest BCUT2D eigenvalue weighted by Gasteiger charge is -2.36. The number of fused-ring (bicyclic) bond motifs is 1. The molecule has 1 aliphatic carbocycles. The topological polar surface area (TPSA) is 64.7 Å². The average molecular weight is 381 g/mol. The predicted octanol–water partition coefficient (Wildman–Crippen LogP) is 3.50. The summed E-state index contributed by atoms with van der Waals surface area (Å²) in [6, 6.07) is 8.02. The number of carbonyl (C=O) groups excluding carboxylic acids is 1. The summed E-state index contributed by atoms with van der Waals surface area (Å²) in [7, 11) is 1.76. The molecule has 6 nitrogen and oxygen atoms in total. The Morgan fingerprint density at radius 3 is 2.79 bits per heavy atom. The molecule has 1 aliphatic rings. The van der Waals surface area contributed by atoms with Crippen LogP contribution in [0.4, 0.5) is 4.39 Å². The van der Waals surface area contributed by atoms with Gasteiger partial charge in [-0.15, -0.1) is 0 Å². The third kappa shape index (κ3) is 3.32. The van der Waals surface area contributed by atoms with Gasteiger partial charge in [0.05, 0.1) is 29.3 Å². The largest absolute Gasteiger partial charge is 0.344 e. The minimum atomic E-state index is -0.298. The second-order valence-electron chi connectivity index (χ2n) is 8.30. The molecular formula is C21H24FN5O. The molecular weight excluding hydrogens is 357 g/mol. The lowest BCUT2D eigenvalue weighted by Crippen LogP contribution is -2.37. The molecule has 2 aromatic heterocycles. The molecule has 0 fully saturated rings. The first kappa shape index (κ1) is 18.4. The maximum atomic E-state index is 13.7. The number of amides is 1. The standard InChI is InChI=1S/C21H24FN5O/c1-13-8-18(26(4)25-13)20(28)24-17-10-21(2,3)11-19-16(17)12-23-27(19)15-7-5-6-14(22)9-15/h5-9,12,17H,10-11H2,1-4H3,(H,24,28)/t17-/m1/s1. The molecule has 0 spiro atoms. The lowest BCUT2D eigenvalue weighted by atomic mass is 9.74. The van der Waals surface area contributed by atoms with Gasteiger partial charge in [-0.3, -0.25) is 9.48 Å². The number of carbonyl (C=O) groups is 1. The van der Waals surface area contributed by atoms with Crippen molar-refractivity contribution in [1.29, 1.82) is 0 Å². The summed E-state index contributed by atoms with van der Waals surface area (Å²) in [5, 5.41) is 11.9. The van der Waals surface area contributed by atoms with Gasteiger partial charge in [-0.1, -0.05) is 19.9 Å². The summed E-state index contributed by atoms with van der Waals surface area (Å²) >= 11 is 0. The van der Waals surface area contributed by atoms with Crippen molar-refractivity contribution < 1.29 is 9.18 Å². The minimum absolute atomic E-state index is 0.0293. The summed E-state index contributed by atoms with van der Waals surface area (Å²) in [6.45, 7) is 6.21. The second-order valence-corrected chi connectivity index (χ2v) is 8.30. The van der Waals surface area contributed by atoms with Crippen LogP contribution in [0.25, 0.3) is 5.69 Å². The Morgan fingerprint density at radius 1 is 1.32 bits per heavy atom. The number of halogens is 1. The van der Waals surface area contributed by atoms with Crippen LogP contribution in [0.1, 0.15) is 53.7 Å². The molecule has 28 heavy (non-hydrogen) atoms. The van der Waals surface area contributed by atoms with Crippen LogP contribution in [0.2, 0.25) is 0 Å². The van der Waals surface area contributed by atoms with E-state index in [1.54, 1.807) is 34.7 Å². The van der Waals surface area contributed by atoms with Gasteiger partial charge in [0.2, 0.25) is 0 Å². The molecule has 0 unspecified atom stereocenters. The van der Waals surface area contributed by atoms with Crippen molar-refractivity contribution in [2.75, 3.05) is 0 Å². The van der Waals surface area contributed by atoms with E-state index in [-0.39, 0.29) is 23.2 Å². The van der Waals surface area contributed by atoms with Gasteiger partial charge in [0.1, 0.15) is 11.5 Å². The van der Waals surface area contributed by atoms with E-state index in [9.17, 15) is 9.18 Å². The third-order valence-corrected chi connectivity index (χ3v) is 5.27. The number of aromatic nitrogens is 4. The number of rotatable bonds is 3. The minimum Gasteiger partial charge on any atom is -0.344 e. The number of benzene rings is 1. The van der Waals surface area contributed by atoms with Crippen molar-refractivity contribution in [3.8, 4) is 5.69 Å². The molecule has 0 saturated carbocycles. The van der Waals surface area contributed by atoms with E-state index in [2.05, 4.69) is 29.4 Å². The van der Waals surface area contributed by atoms with Gasteiger partial charge in [-0.25, -0.2) is 9.07 Å². The molecule has 0 aliphatic heterocycles. The number of hydrogen-bond donors (Lipinski definition) is 1. The monoisotopic (exact) mass is 381 g/mol. The Kier molecular flexibility index (Phi) is 4.33. The fraction of sp³-hybridized carbons (Fsp3) is 0.381. The molecule has 1 amide bonds. The highest BCUT2D eigenvalue weighted by atomic mass is 19.1. The maximum absolute atomic E-state index is 13.7. The smallest absolute Gasteiger partial charge is 0.270 e. The van der Waals surface area contributed by atoms with E-state index >= 15 is 0 Å². The van der Waals surface area contributed by atoms with Gasteiger partial charge in [-0.05, 0) is 49.4 Å². The molecule has 3 aromatic rings. The molecule has 2 heterocycles. The quantitative estimate of drug-likeness (QED) is 0.755. The van der Waals surface area contributed by atoms with Crippen LogP contribution in [-0.2, 0) is 13.5 Å². The fourth-order valence-electron chi connectivity index (χ4n) is 4.06. The van der Waals surface area contributed by atoms with Crippen LogP contribution in [-0.4, -0.2) is 25.5 Å². The van der Waals surface area contributed by atoms with Gasteiger partial charge < -0.3 is 5.32 Å². The second kappa shape index (κ2) is 6.58. The molecule has 1 atom stereocenters.